The highest BCUT2D eigenvalue weighted by Gasteiger charge is 1.97. The Labute approximate surface area is 83.9 Å². The molecule has 0 bridgehead atoms. The van der Waals surface area contributed by atoms with E-state index in [-0.39, 0.29) is 5.82 Å². The molecule has 0 heterocycles. The molecule has 0 spiro atoms. The van der Waals surface area contributed by atoms with Crippen molar-refractivity contribution in [2.45, 2.75) is 13.3 Å². The van der Waals surface area contributed by atoms with Crippen LogP contribution in [0, 0.1) is 24.6 Å². The van der Waals surface area contributed by atoms with Crippen molar-refractivity contribution in [1.29, 1.82) is 0 Å². The van der Waals surface area contributed by atoms with Crippen molar-refractivity contribution < 1.29 is 9.13 Å². The normalized spacial score (nSPS) is 9.36. The number of hydrogen-bond donors (Lipinski definition) is 0. The van der Waals surface area contributed by atoms with Crippen LogP contribution in [0.5, 0.6) is 0 Å². The van der Waals surface area contributed by atoms with E-state index in [1.807, 2.05) is 6.92 Å². The number of halogens is 1. The van der Waals surface area contributed by atoms with Crippen molar-refractivity contribution in [3.8, 4) is 11.8 Å². The van der Waals surface area contributed by atoms with Crippen LogP contribution in [0.2, 0.25) is 0 Å². The van der Waals surface area contributed by atoms with Crippen LogP contribution < -0.4 is 0 Å². The molecule has 0 aliphatic carbocycles. The number of benzene rings is 1. The number of hydrogen-bond acceptors (Lipinski definition) is 1. The monoisotopic (exact) mass is 192 g/mol. The Bertz CT molecular complexity index is 360. The number of methoxy groups -OCH3 is 1. The van der Waals surface area contributed by atoms with Gasteiger partial charge in [-0.3, -0.25) is 0 Å². The Hall–Kier alpha value is -1.33. The van der Waals surface area contributed by atoms with Gasteiger partial charge in [0.25, 0.3) is 0 Å². The van der Waals surface area contributed by atoms with Gasteiger partial charge < -0.3 is 4.74 Å². The molecule has 0 N–H and O–H groups in total. The lowest BCUT2D eigenvalue weighted by Gasteiger charge is -1.95. The molecule has 2 heteroatoms. The molecule has 0 atom stereocenters. The summed E-state index contributed by atoms with van der Waals surface area (Å²) in [6, 6.07) is 4.92. The summed E-state index contributed by atoms with van der Waals surface area (Å²) >= 11 is 0. The summed E-state index contributed by atoms with van der Waals surface area (Å²) in [7, 11) is 1.62. The van der Waals surface area contributed by atoms with Gasteiger partial charge in [-0.15, -0.1) is 0 Å². The molecule has 0 aliphatic heterocycles. The third-order valence-electron chi connectivity index (χ3n) is 1.78. The molecular formula is C12H13FO. The number of rotatable bonds is 2. The summed E-state index contributed by atoms with van der Waals surface area (Å²) in [4.78, 5) is 0. The molecular weight excluding hydrogens is 179 g/mol. The fourth-order valence-corrected chi connectivity index (χ4v) is 1.05. The first kappa shape index (κ1) is 10.7. The quantitative estimate of drug-likeness (QED) is 0.517. The predicted molar refractivity (Wildman–Crippen MR) is 54.5 cm³/mol. The van der Waals surface area contributed by atoms with E-state index >= 15 is 0 Å². The minimum absolute atomic E-state index is 0.263. The van der Waals surface area contributed by atoms with Crippen LogP contribution in [0.15, 0.2) is 18.2 Å². The van der Waals surface area contributed by atoms with E-state index in [0.717, 1.165) is 5.56 Å². The summed E-state index contributed by atoms with van der Waals surface area (Å²) in [6.07, 6.45) is 0.629. The first-order valence-corrected chi connectivity index (χ1v) is 4.48. The highest BCUT2D eigenvalue weighted by Crippen LogP contribution is 2.08. The first-order valence-electron chi connectivity index (χ1n) is 4.48. The maximum atomic E-state index is 13.1. The van der Waals surface area contributed by atoms with Gasteiger partial charge in [0.05, 0.1) is 12.2 Å². The lowest BCUT2D eigenvalue weighted by molar-refractivity contribution is 0.206. The molecule has 0 saturated heterocycles. The van der Waals surface area contributed by atoms with Gasteiger partial charge in [-0.25, -0.2) is 4.39 Å². The standard InChI is InChI=1S/C12H13FO/c1-10-6-7-12(13)11(9-10)5-3-4-8-14-2/h6-7,9H,4,8H2,1-2H3. The molecule has 1 aromatic rings. The van der Waals surface area contributed by atoms with E-state index in [0.29, 0.717) is 18.6 Å². The summed E-state index contributed by atoms with van der Waals surface area (Å²) in [5, 5.41) is 0. The first-order chi connectivity index (χ1) is 6.74. The van der Waals surface area contributed by atoms with E-state index in [1.165, 1.54) is 6.07 Å². The van der Waals surface area contributed by atoms with E-state index in [4.69, 9.17) is 4.74 Å². The topological polar surface area (TPSA) is 9.23 Å². The minimum Gasteiger partial charge on any atom is -0.384 e. The molecule has 1 nitrogen and oxygen atoms in total. The summed E-state index contributed by atoms with van der Waals surface area (Å²) in [5.74, 6) is 5.38. The van der Waals surface area contributed by atoms with Gasteiger partial charge in [-0.1, -0.05) is 17.9 Å². The zero-order chi connectivity index (χ0) is 10.4. The summed E-state index contributed by atoms with van der Waals surface area (Å²) < 4.78 is 18.0. The van der Waals surface area contributed by atoms with E-state index in [9.17, 15) is 4.39 Å². The van der Waals surface area contributed by atoms with Crippen LogP contribution in [0.1, 0.15) is 17.5 Å². The van der Waals surface area contributed by atoms with Gasteiger partial charge in [0.15, 0.2) is 0 Å². The highest BCUT2D eigenvalue weighted by molar-refractivity contribution is 5.37. The molecule has 0 saturated carbocycles. The Kier molecular flexibility index (Phi) is 4.15. The molecule has 0 radical (unpaired) electrons. The van der Waals surface area contributed by atoms with Crippen molar-refractivity contribution in [3.05, 3.63) is 35.1 Å². The van der Waals surface area contributed by atoms with Crippen LogP contribution >= 0.6 is 0 Å². The highest BCUT2D eigenvalue weighted by atomic mass is 19.1. The Morgan fingerprint density at radius 2 is 2.21 bits per heavy atom. The second-order valence-electron chi connectivity index (χ2n) is 3.03. The van der Waals surface area contributed by atoms with Crippen LogP contribution in [0.4, 0.5) is 4.39 Å². The van der Waals surface area contributed by atoms with Crippen molar-refractivity contribution in [3.63, 3.8) is 0 Å². The Balaban J connectivity index is 2.73. The van der Waals surface area contributed by atoms with Gasteiger partial charge in [-0.05, 0) is 24.6 Å². The van der Waals surface area contributed by atoms with Crippen molar-refractivity contribution >= 4 is 0 Å². The second-order valence-corrected chi connectivity index (χ2v) is 3.03. The summed E-state index contributed by atoms with van der Waals surface area (Å²) in [5.41, 5.74) is 1.48. The van der Waals surface area contributed by atoms with Gasteiger partial charge in [-0.2, -0.15) is 0 Å². The van der Waals surface area contributed by atoms with Gasteiger partial charge in [0.2, 0.25) is 0 Å². The molecule has 0 aliphatic rings. The van der Waals surface area contributed by atoms with Gasteiger partial charge >= 0.3 is 0 Å². The fraction of sp³-hybridized carbons (Fsp3) is 0.333. The second kappa shape index (κ2) is 5.41. The molecule has 1 aromatic carbocycles. The van der Waals surface area contributed by atoms with Crippen LogP contribution in [0.25, 0.3) is 0 Å². The average Bonchev–Trinajstić information content (AvgIpc) is 2.18. The van der Waals surface area contributed by atoms with E-state index < -0.39 is 0 Å². The van der Waals surface area contributed by atoms with Crippen molar-refractivity contribution in [2.24, 2.45) is 0 Å². The maximum absolute atomic E-state index is 13.1. The molecule has 74 valence electrons. The Morgan fingerprint density at radius 1 is 1.43 bits per heavy atom. The van der Waals surface area contributed by atoms with E-state index in [1.54, 1.807) is 19.2 Å². The van der Waals surface area contributed by atoms with Crippen LogP contribution in [-0.4, -0.2) is 13.7 Å². The molecule has 0 amide bonds. The van der Waals surface area contributed by atoms with Crippen LogP contribution in [-0.2, 0) is 4.74 Å². The molecule has 0 fully saturated rings. The van der Waals surface area contributed by atoms with Crippen LogP contribution in [0.3, 0.4) is 0 Å². The van der Waals surface area contributed by atoms with Crippen molar-refractivity contribution in [1.82, 2.24) is 0 Å². The molecule has 14 heavy (non-hydrogen) atoms. The lowest BCUT2D eigenvalue weighted by Crippen LogP contribution is -1.87. The summed E-state index contributed by atoms with van der Waals surface area (Å²) in [6.45, 7) is 2.50. The lowest BCUT2D eigenvalue weighted by atomic mass is 10.1. The smallest absolute Gasteiger partial charge is 0.138 e. The number of aryl methyl sites for hydroxylation is 1. The zero-order valence-corrected chi connectivity index (χ0v) is 8.43. The number of ether oxygens (including phenoxy) is 1. The van der Waals surface area contributed by atoms with Gasteiger partial charge in [0, 0.05) is 13.5 Å². The molecule has 0 unspecified atom stereocenters. The third kappa shape index (κ3) is 3.20. The third-order valence-corrected chi connectivity index (χ3v) is 1.78. The zero-order valence-electron chi connectivity index (χ0n) is 8.43. The van der Waals surface area contributed by atoms with Crippen molar-refractivity contribution in [2.75, 3.05) is 13.7 Å². The Morgan fingerprint density at radius 3 is 2.93 bits per heavy atom. The largest absolute Gasteiger partial charge is 0.384 e. The minimum atomic E-state index is -0.263. The fourth-order valence-electron chi connectivity index (χ4n) is 1.05. The molecule has 1 rings (SSSR count). The average molecular weight is 192 g/mol. The SMILES string of the molecule is COCCC#Cc1cc(C)ccc1F. The van der Waals surface area contributed by atoms with Gasteiger partial charge in [0.1, 0.15) is 5.82 Å². The maximum Gasteiger partial charge on any atom is 0.138 e. The predicted octanol–water partition coefficient (Wildman–Crippen LogP) is 2.52. The van der Waals surface area contributed by atoms with E-state index in [2.05, 4.69) is 11.8 Å². The molecule has 0 aromatic heterocycles.